The van der Waals surface area contributed by atoms with Crippen molar-refractivity contribution in [2.24, 2.45) is 0 Å². The van der Waals surface area contributed by atoms with Crippen LogP contribution in [0.1, 0.15) is 0 Å². The summed E-state index contributed by atoms with van der Waals surface area (Å²) in [6.07, 6.45) is 0. The molecule has 0 amide bonds. The number of rotatable bonds is 2. The van der Waals surface area contributed by atoms with Gasteiger partial charge in [0, 0.05) is 9.13 Å². The van der Waals surface area contributed by atoms with E-state index in [1.54, 1.807) is 24.3 Å². The van der Waals surface area contributed by atoms with Crippen LogP contribution < -0.4 is 0 Å². The predicted octanol–water partition coefficient (Wildman–Crippen LogP) is 5.04. The summed E-state index contributed by atoms with van der Waals surface area (Å²) in [6, 6.07) is 20.6. The van der Waals surface area contributed by atoms with Gasteiger partial charge in [-0.1, -0.05) is 36.4 Å². The molecule has 0 radical (unpaired) electrons. The van der Waals surface area contributed by atoms with E-state index in [-0.39, 0.29) is 11.5 Å². The Bertz CT molecular complexity index is 762. The van der Waals surface area contributed by atoms with E-state index in [9.17, 15) is 10.2 Å². The molecule has 0 saturated heterocycles. The van der Waals surface area contributed by atoms with E-state index < -0.39 is 0 Å². The van der Waals surface area contributed by atoms with Crippen molar-refractivity contribution < 1.29 is 10.2 Å². The average molecular weight is 388 g/mol. The first-order chi connectivity index (χ1) is 10.1. The number of phenols is 2. The first-order valence-electron chi connectivity index (χ1n) is 6.52. The highest BCUT2D eigenvalue weighted by molar-refractivity contribution is 14.1. The van der Waals surface area contributed by atoms with Crippen molar-refractivity contribution in [3.8, 4) is 33.8 Å². The summed E-state index contributed by atoms with van der Waals surface area (Å²) in [5, 5.41) is 18.9. The van der Waals surface area contributed by atoms with Gasteiger partial charge in [-0.05, 0) is 69.6 Å². The van der Waals surface area contributed by atoms with Gasteiger partial charge in [0.15, 0.2) is 0 Å². The van der Waals surface area contributed by atoms with Crippen molar-refractivity contribution in [1.29, 1.82) is 0 Å². The highest BCUT2D eigenvalue weighted by Gasteiger charge is 2.11. The fourth-order valence-corrected chi connectivity index (χ4v) is 3.14. The van der Waals surface area contributed by atoms with Crippen molar-refractivity contribution >= 4 is 22.6 Å². The lowest BCUT2D eigenvalue weighted by atomic mass is 9.94. The Hall–Kier alpha value is -2.01. The van der Waals surface area contributed by atoms with E-state index in [1.165, 1.54) is 0 Å². The van der Waals surface area contributed by atoms with Crippen LogP contribution in [0.4, 0.5) is 0 Å². The van der Waals surface area contributed by atoms with Gasteiger partial charge in [0.25, 0.3) is 0 Å². The number of aromatic hydroxyl groups is 2. The van der Waals surface area contributed by atoms with Crippen LogP contribution in [0, 0.1) is 3.57 Å². The van der Waals surface area contributed by atoms with Crippen LogP contribution in [-0.4, -0.2) is 10.2 Å². The smallest absolute Gasteiger partial charge is 0.115 e. The van der Waals surface area contributed by atoms with Gasteiger partial charge in [-0.15, -0.1) is 0 Å². The van der Waals surface area contributed by atoms with E-state index in [1.807, 2.05) is 30.3 Å². The van der Waals surface area contributed by atoms with Gasteiger partial charge in [0.1, 0.15) is 11.5 Å². The normalized spacial score (nSPS) is 10.5. The van der Waals surface area contributed by atoms with Crippen LogP contribution in [0.5, 0.6) is 11.5 Å². The maximum atomic E-state index is 9.46. The van der Waals surface area contributed by atoms with Crippen molar-refractivity contribution in [3.05, 3.63) is 70.3 Å². The fourth-order valence-electron chi connectivity index (χ4n) is 2.33. The summed E-state index contributed by atoms with van der Waals surface area (Å²) in [7, 11) is 0. The first-order valence-corrected chi connectivity index (χ1v) is 7.60. The molecule has 21 heavy (non-hydrogen) atoms. The minimum Gasteiger partial charge on any atom is -0.508 e. The van der Waals surface area contributed by atoms with Crippen LogP contribution in [0.3, 0.4) is 0 Å². The molecule has 0 atom stereocenters. The third kappa shape index (κ3) is 2.88. The van der Waals surface area contributed by atoms with Crippen LogP contribution in [-0.2, 0) is 0 Å². The van der Waals surface area contributed by atoms with Gasteiger partial charge in [-0.3, -0.25) is 0 Å². The molecular weight excluding hydrogens is 375 g/mol. The Labute approximate surface area is 136 Å². The number of hydrogen-bond acceptors (Lipinski definition) is 2. The SMILES string of the molecule is Oc1ccc(-c2cccc(I)c2-c2ccc(O)cc2)cc1. The molecule has 0 saturated carbocycles. The zero-order chi connectivity index (χ0) is 14.8. The molecule has 2 nitrogen and oxygen atoms in total. The molecule has 0 unspecified atom stereocenters. The molecule has 104 valence electrons. The monoisotopic (exact) mass is 388 g/mol. The highest BCUT2D eigenvalue weighted by Crippen LogP contribution is 2.36. The second-order valence-corrected chi connectivity index (χ2v) is 5.92. The summed E-state index contributed by atoms with van der Waals surface area (Å²) in [4.78, 5) is 0. The number of hydrogen-bond donors (Lipinski definition) is 2. The third-order valence-corrected chi connectivity index (χ3v) is 4.25. The predicted molar refractivity (Wildman–Crippen MR) is 93.4 cm³/mol. The molecule has 2 N–H and O–H groups in total. The molecule has 3 aromatic rings. The van der Waals surface area contributed by atoms with Crippen molar-refractivity contribution in [2.45, 2.75) is 0 Å². The molecule has 0 bridgehead atoms. The lowest BCUT2D eigenvalue weighted by Crippen LogP contribution is -1.88. The van der Waals surface area contributed by atoms with E-state index in [2.05, 4.69) is 34.7 Å². The molecule has 0 aliphatic carbocycles. The zero-order valence-corrected chi connectivity index (χ0v) is 13.3. The molecule has 0 aliphatic rings. The standard InChI is InChI=1S/C18H13IO2/c19-17-3-1-2-16(12-4-8-14(20)9-5-12)18(17)13-6-10-15(21)11-7-13/h1-11,20-21H. The number of benzene rings is 3. The number of phenolic OH excluding ortho intramolecular Hbond substituents is 2. The van der Waals surface area contributed by atoms with Gasteiger partial charge in [-0.25, -0.2) is 0 Å². The zero-order valence-electron chi connectivity index (χ0n) is 11.1. The van der Waals surface area contributed by atoms with Crippen molar-refractivity contribution in [3.63, 3.8) is 0 Å². The van der Waals surface area contributed by atoms with Gasteiger partial charge in [0.05, 0.1) is 0 Å². The van der Waals surface area contributed by atoms with Crippen LogP contribution in [0.25, 0.3) is 22.3 Å². The Morgan fingerprint density at radius 1 is 0.619 bits per heavy atom. The van der Waals surface area contributed by atoms with Gasteiger partial charge in [-0.2, -0.15) is 0 Å². The van der Waals surface area contributed by atoms with Crippen LogP contribution in [0.2, 0.25) is 0 Å². The van der Waals surface area contributed by atoms with E-state index in [0.29, 0.717) is 0 Å². The van der Waals surface area contributed by atoms with E-state index in [4.69, 9.17) is 0 Å². The van der Waals surface area contributed by atoms with Gasteiger partial charge < -0.3 is 10.2 Å². The highest BCUT2D eigenvalue weighted by atomic mass is 127. The lowest BCUT2D eigenvalue weighted by molar-refractivity contribution is 0.475. The van der Waals surface area contributed by atoms with Gasteiger partial charge >= 0.3 is 0 Å². The Balaban J connectivity index is 2.20. The van der Waals surface area contributed by atoms with Crippen LogP contribution in [0.15, 0.2) is 66.7 Å². The summed E-state index contributed by atoms with van der Waals surface area (Å²) < 4.78 is 1.14. The Kier molecular flexibility index (Phi) is 3.84. The minimum atomic E-state index is 0.260. The largest absolute Gasteiger partial charge is 0.508 e. The molecule has 0 aliphatic heterocycles. The molecule has 0 aromatic heterocycles. The average Bonchev–Trinajstić information content (AvgIpc) is 2.49. The first kappa shape index (κ1) is 13.9. The van der Waals surface area contributed by atoms with Crippen LogP contribution >= 0.6 is 22.6 Å². The fraction of sp³-hybridized carbons (Fsp3) is 0. The van der Waals surface area contributed by atoms with E-state index in [0.717, 1.165) is 25.8 Å². The Morgan fingerprint density at radius 2 is 1.14 bits per heavy atom. The second kappa shape index (κ2) is 5.77. The van der Waals surface area contributed by atoms with Crippen molar-refractivity contribution in [1.82, 2.24) is 0 Å². The molecular formula is C18H13IO2. The van der Waals surface area contributed by atoms with E-state index >= 15 is 0 Å². The summed E-state index contributed by atoms with van der Waals surface area (Å²) in [5.41, 5.74) is 4.34. The number of halogens is 1. The molecule has 0 heterocycles. The second-order valence-electron chi connectivity index (χ2n) is 4.76. The third-order valence-electron chi connectivity index (χ3n) is 3.35. The lowest BCUT2D eigenvalue weighted by Gasteiger charge is -2.13. The molecule has 0 spiro atoms. The molecule has 3 rings (SSSR count). The summed E-state index contributed by atoms with van der Waals surface area (Å²) >= 11 is 2.32. The van der Waals surface area contributed by atoms with Crippen molar-refractivity contribution in [2.75, 3.05) is 0 Å². The summed E-state index contributed by atoms with van der Waals surface area (Å²) in [6.45, 7) is 0. The maximum absolute atomic E-state index is 9.46. The topological polar surface area (TPSA) is 40.5 Å². The molecule has 3 heteroatoms. The maximum Gasteiger partial charge on any atom is 0.115 e. The molecule has 0 fully saturated rings. The Morgan fingerprint density at radius 3 is 1.71 bits per heavy atom. The minimum absolute atomic E-state index is 0.260. The quantitative estimate of drug-likeness (QED) is 0.605. The van der Waals surface area contributed by atoms with Gasteiger partial charge in [0.2, 0.25) is 0 Å². The summed E-state index contributed by atoms with van der Waals surface area (Å²) in [5.74, 6) is 0.520. The molecule has 3 aromatic carbocycles.